The van der Waals surface area contributed by atoms with E-state index in [1.807, 2.05) is 31.2 Å². The molecule has 0 atom stereocenters. The van der Waals surface area contributed by atoms with Gasteiger partial charge in [-0.25, -0.2) is 0 Å². The molecule has 2 aromatic carbocycles. The van der Waals surface area contributed by atoms with Crippen LogP contribution in [0.15, 0.2) is 47.6 Å². The number of hydrogen-bond donors (Lipinski definition) is 3. The predicted octanol–water partition coefficient (Wildman–Crippen LogP) is 2.80. The van der Waals surface area contributed by atoms with E-state index < -0.39 is 0 Å². The SMILES string of the molecule is CCOc1cc(/C=N/NC(=S)NCc2ccc(OC)cc2)ccc1O. The first kappa shape index (κ1) is 18.5. The molecule has 2 rings (SSSR count). The monoisotopic (exact) mass is 359 g/mol. The summed E-state index contributed by atoms with van der Waals surface area (Å²) in [4.78, 5) is 0. The van der Waals surface area contributed by atoms with Gasteiger partial charge in [0.15, 0.2) is 16.6 Å². The molecule has 0 saturated heterocycles. The van der Waals surface area contributed by atoms with Gasteiger partial charge in [-0.15, -0.1) is 0 Å². The van der Waals surface area contributed by atoms with Crippen LogP contribution in [0.1, 0.15) is 18.1 Å². The number of rotatable bonds is 7. The zero-order valence-electron chi connectivity index (χ0n) is 14.2. The van der Waals surface area contributed by atoms with Gasteiger partial charge >= 0.3 is 0 Å². The molecule has 0 aromatic heterocycles. The Hall–Kier alpha value is -2.80. The van der Waals surface area contributed by atoms with Crippen molar-refractivity contribution in [3.05, 3.63) is 53.6 Å². The molecule has 0 aliphatic rings. The van der Waals surface area contributed by atoms with Crippen LogP contribution in [0.2, 0.25) is 0 Å². The van der Waals surface area contributed by atoms with E-state index >= 15 is 0 Å². The summed E-state index contributed by atoms with van der Waals surface area (Å²) in [5, 5.41) is 17.2. The molecule has 0 aliphatic heterocycles. The van der Waals surface area contributed by atoms with Gasteiger partial charge in [0.25, 0.3) is 0 Å². The lowest BCUT2D eigenvalue weighted by Gasteiger charge is -2.08. The summed E-state index contributed by atoms with van der Waals surface area (Å²) in [5.74, 6) is 1.34. The second kappa shape index (κ2) is 9.48. The zero-order chi connectivity index (χ0) is 18.1. The number of thiocarbonyl (C=S) groups is 1. The summed E-state index contributed by atoms with van der Waals surface area (Å²) in [5.41, 5.74) is 4.61. The first-order chi connectivity index (χ1) is 12.1. The fraction of sp³-hybridized carbons (Fsp3) is 0.222. The maximum Gasteiger partial charge on any atom is 0.187 e. The Kier molecular flexibility index (Phi) is 7.03. The number of hydrogen-bond acceptors (Lipinski definition) is 5. The van der Waals surface area contributed by atoms with E-state index in [2.05, 4.69) is 15.8 Å². The van der Waals surface area contributed by atoms with Crippen LogP contribution in [-0.4, -0.2) is 30.2 Å². The maximum atomic E-state index is 9.67. The fourth-order valence-electron chi connectivity index (χ4n) is 2.01. The Morgan fingerprint density at radius 1 is 1.24 bits per heavy atom. The molecular formula is C18H21N3O3S. The molecule has 0 spiro atoms. The molecule has 0 radical (unpaired) electrons. The highest BCUT2D eigenvalue weighted by molar-refractivity contribution is 7.80. The van der Waals surface area contributed by atoms with Crippen molar-refractivity contribution in [3.63, 3.8) is 0 Å². The third kappa shape index (κ3) is 5.96. The number of hydrazone groups is 1. The molecule has 25 heavy (non-hydrogen) atoms. The molecule has 6 nitrogen and oxygen atoms in total. The van der Waals surface area contributed by atoms with E-state index in [-0.39, 0.29) is 5.75 Å². The summed E-state index contributed by atoms with van der Waals surface area (Å²) in [6.45, 7) is 2.92. The normalized spacial score (nSPS) is 10.5. The van der Waals surface area contributed by atoms with Crippen molar-refractivity contribution in [2.75, 3.05) is 13.7 Å². The number of nitrogens with one attached hydrogen (secondary N) is 2. The van der Waals surface area contributed by atoms with Crippen LogP contribution in [0.4, 0.5) is 0 Å². The summed E-state index contributed by atoms with van der Waals surface area (Å²) in [6, 6.07) is 12.7. The van der Waals surface area contributed by atoms with Crippen molar-refractivity contribution < 1.29 is 14.6 Å². The summed E-state index contributed by atoms with van der Waals surface area (Å²) in [6.07, 6.45) is 1.60. The highest BCUT2D eigenvalue weighted by Crippen LogP contribution is 2.26. The van der Waals surface area contributed by atoms with Gasteiger partial charge in [-0.3, -0.25) is 5.43 Å². The first-order valence-corrected chi connectivity index (χ1v) is 8.19. The van der Waals surface area contributed by atoms with Gasteiger partial charge in [-0.2, -0.15) is 5.10 Å². The van der Waals surface area contributed by atoms with Crippen molar-refractivity contribution in [1.82, 2.24) is 10.7 Å². The van der Waals surface area contributed by atoms with Crippen molar-refractivity contribution in [1.29, 1.82) is 0 Å². The third-order valence-electron chi connectivity index (χ3n) is 3.28. The Balaban J connectivity index is 1.82. The zero-order valence-corrected chi connectivity index (χ0v) is 15.0. The minimum absolute atomic E-state index is 0.101. The van der Waals surface area contributed by atoms with E-state index in [0.717, 1.165) is 16.9 Å². The molecule has 132 valence electrons. The third-order valence-corrected chi connectivity index (χ3v) is 3.51. The summed E-state index contributed by atoms with van der Waals surface area (Å²) < 4.78 is 10.4. The van der Waals surface area contributed by atoms with Crippen LogP contribution in [0.5, 0.6) is 17.2 Å². The van der Waals surface area contributed by atoms with E-state index in [0.29, 0.717) is 24.0 Å². The number of methoxy groups -OCH3 is 1. The number of benzene rings is 2. The number of ether oxygens (including phenoxy) is 2. The quantitative estimate of drug-likeness (QED) is 0.401. The second-order valence-electron chi connectivity index (χ2n) is 5.06. The summed E-state index contributed by atoms with van der Waals surface area (Å²) in [7, 11) is 1.63. The standard InChI is InChI=1S/C18H21N3O3S/c1-3-24-17-10-14(6-9-16(17)22)12-20-21-18(25)19-11-13-4-7-15(23-2)8-5-13/h4-10,12,22H,3,11H2,1-2H3,(H2,19,21,25)/b20-12+. The number of nitrogens with zero attached hydrogens (tertiary/aromatic N) is 1. The van der Waals surface area contributed by atoms with Gasteiger partial charge in [0, 0.05) is 6.54 Å². The average Bonchev–Trinajstić information content (AvgIpc) is 2.63. The fourth-order valence-corrected chi connectivity index (χ4v) is 2.14. The van der Waals surface area contributed by atoms with E-state index in [1.54, 1.807) is 31.5 Å². The second-order valence-corrected chi connectivity index (χ2v) is 5.47. The van der Waals surface area contributed by atoms with E-state index in [9.17, 15) is 5.11 Å². The molecule has 0 unspecified atom stereocenters. The molecule has 0 bridgehead atoms. The van der Waals surface area contributed by atoms with Gasteiger partial charge < -0.3 is 19.9 Å². The number of phenolic OH excluding ortho intramolecular Hbond substituents is 1. The van der Waals surface area contributed by atoms with Gasteiger partial charge in [0.1, 0.15) is 5.75 Å². The maximum absolute atomic E-state index is 9.67. The van der Waals surface area contributed by atoms with Gasteiger partial charge in [-0.05, 0) is 60.6 Å². The van der Waals surface area contributed by atoms with Crippen molar-refractivity contribution in [2.45, 2.75) is 13.5 Å². The smallest absolute Gasteiger partial charge is 0.187 e. The highest BCUT2D eigenvalue weighted by atomic mass is 32.1. The summed E-state index contributed by atoms with van der Waals surface area (Å²) >= 11 is 5.18. The lowest BCUT2D eigenvalue weighted by Crippen LogP contribution is -2.31. The van der Waals surface area contributed by atoms with E-state index in [1.165, 1.54) is 0 Å². The van der Waals surface area contributed by atoms with Crippen LogP contribution in [0, 0.1) is 0 Å². The molecular weight excluding hydrogens is 338 g/mol. The van der Waals surface area contributed by atoms with Crippen LogP contribution in [0.3, 0.4) is 0 Å². The van der Waals surface area contributed by atoms with Crippen LogP contribution in [-0.2, 0) is 6.54 Å². The van der Waals surface area contributed by atoms with Crippen LogP contribution < -0.4 is 20.2 Å². The minimum Gasteiger partial charge on any atom is -0.504 e. The number of phenols is 1. The van der Waals surface area contributed by atoms with Crippen molar-refractivity contribution in [2.24, 2.45) is 5.10 Å². The molecule has 3 N–H and O–H groups in total. The van der Waals surface area contributed by atoms with E-state index in [4.69, 9.17) is 21.7 Å². The van der Waals surface area contributed by atoms with Crippen LogP contribution in [0.25, 0.3) is 0 Å². The molecule has 0 heterocycles. The molecule has 0 amide bonds. The van der Waals surface area contributed by atoms with Crippen molar-refractivity contribution >= 4 is 23.5 Å². The minimum atomic E-state index is 0.101. The lowest BCUT2D eigenvalue weighted by atomic mass is 10.2. The largest absolute Gasteiger partial charge is 0.504 e. The highest BCUT2D eigenvalue weighted by Gasteiger charge is 2.02. The Morgan fingerprint density at radius 3 is 2.68 bits per heavy atom. The van der Waals surface area contributed by atoms with Gasteiger partial charge in [0.2, 0.25) is 0 Å². The molecule has 0 aliphatic carbocycles. The molecule has 2 aromatic rings. The van der Waals surface area contributed by atoms with Gasteiger partial charge in [-0.1, -0.05) is 12.1 Å². The molecule has 0 fully saturated rings. The van der Waals surface area contributed by atoms with Gasteiger partial charge in [0.05, 0.1) is 19.9 Å². The lowest BCUT2D eigenvalue weighted by molar-refractivity contribution is 0.318. The topological polar surface area (TPSA) is 75.1 Å². The Bertz CT molecular complexity index is 733. The average molecular weight is 359 g/mol. The Labute approximate surface area is 152 Å². The van der Waals surface area contributed by atoms with Crippen molar-refractivity contribution in [3.8, 4) is 17.2 Å². The molecule has 7 heteroatoms. The molecule has 0 saturated carbocycles. The predicted molar refractivity (Wildman–Crippen MR) is 102 cm³/mol. The first-order valence-electron chi connectivity index (χ1n) is 7.78. The van der Waals surface area contributed by atoms with Crippen LogP contribution >= 0.6 is 12.2 Å². The number of aromatic hydroxyl groups is 1. The Morgan fingerprint density at radius 2 is 2.00 bits per heavy atom.